The molecule has 0 aliphatic rings. The van der Waals surface area contributed by atoms with Crippen LogP contribution in [-0.4, -0.2) is 34.9 Å². The molecule has 56 heavy (non-hydrogen) atoms. The van der Waals surface area contributed by atoms with Crippen LogP contribution in [-0.2, 0) is 4.79 Å². The SMILES string of the molecule is CCCCCCC/C=C/CC/C=C/CC/C=C/C(O)C(CO)NC(=O)CCCCCCCCCCCCCCCCCCCCCCCCCCCCCCC. The molecule has 4 heteroatoms. The number of carbonyl (C=O) groups excluding carboxylic acids is 1. The minimum absolute atomic E-state index is 0.0741. The van der Waals surface area contributed by atoms with Gasteiger partial charge in [0.2, 0.25) is 5.91 Å². The van der Waals surface area contributed by atoms with Crippen LogP contribution in [0.25, 0.3) is 0 Å². The maximum Gasteiger partial charge on any atom is 0.220 e. The van der Waals surface area contributed by atoms with E-state index in [-0.39, 0.29) is 12.5 Å². The number of allylic oxidation sites excluding steroid dienone is 5. The van der Waals surface area contributed by atoms with Gasteiger partial charge in [-0.05, 0) is 44.9 Å². The van der Waals surface area contributed by atoms with Crippen LogP contribution >= 0.6 is 0 Å². The topological polar surface area (TPSA) is 69.6 Å². The van der Waals surface area contributed by atoms with Crippen molar-refractivity contribution in [1.82, 2.24) is 5.32 Å². The standard InChI is InChI=1S/C52H99NO3/c1-3-5-7-9-11-13-15-17-19-20-21-22-23-24-25-26-27-28-29-30-31-32-34-36-38-40-42-44-46-48-52(56)53-50(49-54)51(55)47-45-43-41-39-37-35-33-18-16-14-12-10-8-6-4-2/h16,18,37,39,45,47,50-51,54-55H,3-15,17,19-36,38,40-44,46,48-49H2,1-2H3,(H,53,56)/b18-16+,39-37+,47-45+. The molecule has 0 aromatic rings. The second-order valence-corrected chi connectivity index (χ2v) is 17.2. The third-order valence-electron chi connectivity index (χ3n) is 11.6. The normalized spacial score (nSPS) is 13.1. The van der Waals surface area contributed by atoms with Gasteiger partial charge in [-0.2, -0.15) is 0 Å². The molecule has 0 fully saturated rings. The first-order chi connectivity index (χ1) is 27.7. The van der Waals surface area contributed by atoms with E-state index in [2.05, 4.69) is 43.5 Å². The molecule has 0 aromatic heterocycles. The Morgan fingerprint density at radius 1 is 0.411 bits per heavy atom. The molecule has 0 aliphatic heterocycles. The molecule has 2 atom stereocenters. The Kier molecular flexibility index (Phi) is 46.8. The Morgan fingerprint density at radius 3 is 1.04 bits per heavy atom. The number of amides is 1. The summed E-state index contributed by atoms with van der Waals surface area (Å²) in [6.45, 7) is 4.30. The van der Waals surface area contributed by atoms with Gasteiger partial charge in [0.15, 0.2) is 0 Å². The van der Waals surface area contributed by atoms with E-state index >= 15 is 0 Å². The lowest BCUT2D eigenvalue weighted by Gasteiger charge is -2.19. The van der Waals surface area contributed by atoms with Gasteiger partial charge in [0.05, 0.1) is 18.8 Å². The lowest BCUT2D eigenvalue weighted by molar-refractivity contribution is -0.123. The third-order valence-corrected chi connectivity index (χ3v) is 11.6. The molecule has 3 N–H and O–H groups in total. The van der Waals surface area contributed by atoms with E-state index in [1.54, 1.807) is 6.08 Å². The number of hydrogen-bond donors (Lipinski definition) is 3. The molecule has 0 saturated heterocycles. The Hall–Kier alpha value is -1.39. The van der Waals surface area contributed by atoms with Gasteiger partial charge in [-0.15, -0.1) is 0 Å². The lowest BCUT2D eigenvalue weighted by Crippen LogP contribution is -2.45. The molecule has 0 radical (unpaired) electrons. The van der Waals surface area contributed by atoms with E-state index in [9.17, 15) is 15.0 Å². The molecular weight excluding hydrogens is 687 g/mol. The highest BCUT2D eigenvalue weighted by Gasteiger charge is 2.17. The van der Waals surface area contributed by atoms with Crippen LogP contribution in [0.15, 0.2) is 36.5 Å². The number of nitrogens with one attached hydrogen (secondary N) is 1. The molecular formula is C52H99NO3. The molecule has 4 nitrogen and oxygen atoms in total. The summed E-state index contributed by atoms with van der Waals surface area (Å²) in [5.41, 5.74) is 0. The van der Waals surface area contributed by atoms with Crippen molar-refractivity contribution in [3.8, 4) is 0 Å². The van der Waals surface area contributed by atoms with Gasteiger partial charge in [0.1, 0.15) is 0 Å². The maximum atomic E-state index is 12.4. The fraction of sp³-hybridized carbons (Fsp3) is 0.865. The highest BCUT2D eigenvalue weighted by Crippen LogP contribution is 2.17. The predicted molar refractivity (Wildman–Crippen MR) is 248 cm³/mol. The van der Waals surface area contributed by atoms with Crippen LogP contribution in [0.4, 0.5) is 0 Å². The van der Waals surface area contributed by atoms with Crippen LogP contribution in [0.2, 0.25) is 0 Å². The molecule has 0 aliphatic carbocycles. The minimum Gasteiger partial charge on any atom is -0.394 e. The summed E-state index contributed by atoms with van der Waals surface area (Å²) in [4.78, 5) is 12.4. The van der Waals surface area contributed by atoms with E-state index in [0.717, 1.165) is 38.5 Å². The van der Waals surface area contributed by atoms with Gasteiger partial charge in [-0.1, -0.05) is 256 Å². The first kappa shape index (κ1) is 54.6. The minimum atomic E-state index is -0.867. The Bertz CT molecular complexity index is 851. The third kappa shape index (κ3) is 43.7. The fourth-order valence-electron chi connectivity index (χ4n) is 7.74. The van der Waals surface area contributed by atoms with Crippen molar-refractivity contribution in [2.24, 2.45) is 0 Å². The summed E-state index contributed by atoms with van der Waals surface area (Å²) in [6, 6.07) is -0.642. The first-order valence-electron chi connectivity index (χ1n) is 25.2. The van der Waals surface area contributed by atoms with Crippen LogP contribution in [0.5, 0.6) is 0 Å². The summed E-state index contributed by atoms with van der Waals surface area (Å²) in [7, 11) is 0. The van der Waals surface area contributed by atoms with Crippen LogP contribution in [0, 0.1) is 0 Å². The monoisotopic (exact) mass is 786 g/mol. The Labute approximate surface area is 351 Å². The van der Waals surface area contributed by atoms with Crippen molar-refractivity contribution in [2.45, 2.75) is 283 Å². The molecule has 0 heterocycles. The molecule has 0 spiro atoms. The average Bonchev–Trinajstić information content (AvgIpc) is 3.20. The van der Waals surface area contributed by atoms with Crippen molar-refractivity contribution in [3.63, 3.8) is 0 Å². The van der Waals surface area contributed by atoms with Crippen LogP contribution in [0.1, 0.15) is 271 Å². The van der Waals surface area contributed by atoms with Gasteiger partial charge >= 0.3 is 0 Å². The highest BCUT2D eigenvalue weighted by atomic mass is 16.3. The smallest absolute Gasteiger partial charge is 0.220 e. The molecule has 0 rings (SSSR count). The quantitative estimate of drug-likeness (QED) is 0.0425. The van der Waals surface area contributed by atoms with Crippen LogP contribution < -0.4 is 5.32 Å². The predicted octanol–water partition coefficient (Wildman–Crippen LogP) is 16.1. The average molecular weight is 786 g/mol. The van der Waals surface area contributed by atoms with Crippen molar-refractivity contribution in [1.29, 1.82) is 0 Å². The van der Waals surface area contributed by atoms with Gasteiger partial charge < -0.3 is 15.5 Å². The second kappa shape index (κ2) is 48.0. The first-order valence-corrected chi connectivity index (χ1v) is 25.2. The Morgan fingerprint density at radius 2 is 0.696 bits per heavy atom. The van der Waals surface area contributed by atoms with E-state index in [4.69, 9.17) is 0 Å². The summed E-state index contributed by atoms with van der Waals surface area (Å²) >= 11 is 0. The van der Waals surface area contributed by atoms with E-state index < -0.39 is 12.1 Å². The number of carbonyl (C=O) groups is 1. The largest absolute Gasteiger partial charge is 0.394 e. The highest BCUT2D eigenvalue weighted by molar-refractivity contribution is 5.76. The number of aliphatic hydroxyl groups excluding tert-OH is 2. The van der Waals surface area contributed by atoms with Crippen molar-refractivity contribution in [2.75, 3.05) is 6.61 Å². The molecule has 2 unspecified atom stereocenters. The van der Waals surface area contributed by atoms with Gasteiger partial charge in [-0.25, -0.2) is 0 Å². The summed E-state index contributed by atoms with van der Waals surface area (Å²) in [5, 5.41) is 23.0. The van der Waals surface area contributed by atoms with E-state index in [1.807, 2.05) is 6.08 Å². The molecule has 0 bridgehead atoms. The summed E-state index contributed by atoms with van der Waals surface area (Å²) < 4.78 is 0. The van der Waals surface area contributed by atoms with Gasteiger partial charge in [0, 0.05) is 6.42 Å². The zero-order valence-electron chi connectivity index (χ0n) is 37.9. The van der Waals surface area contributed by atoms with Crippen molar-refractivity contribution < 1.29 is 15.0 Å². The van der Waals surface area contributed by atoms with Gasteiger partial charge in [-0.3, -0.25) is 4.79 Å². The van der Waals surface area contributed by atoms with Crippen molar-refractivity contribution >= 4 is 5.91 Å². The fourth-order valence-corrected chi connectivity index (χ4v) is 7.74. The zero-order valence-corrected chi connectivity index (χ0v) is 37.9. The zero-order chi connectivity index (χ0) is 40.7. The molecule has 1 amide bonds. The van der Waals surface area contributed by atoms with E-state index in [0.29, 0.717) is 6.42 Å². The number of unbranched alkanes of at least 4 members (excludes halogenated alkanes) is 35. The van der Waals surface area contributed by atoms with Gasteiger partial charge in [0.25, 0.3) is 0 Å². The molecule has 0 saturated carbocycles. The summed E-state index contributed by atoms with van der Waals surface area (Å²) in [6.07, 6.45) is 64.3. The summed E-state index contributed by atoms with van der Waals surface area (Å²) in [5.74, 6) is -0.0741. The van der Waals surface area contributed by atoms with Crippen molar-refractivity contribution in [3.05, 3.63) is 36.5 Å². The van der Waals surface area contributed by atoms with E-state index in [1.165, 1.54) is 212 Å². The molecule has 0 aromatic carbocycles. The number of rotatable bonds is 46. The number of hydrogen-bond acceptors (Lipinski definition) is 3. The maximum absolute atomic E-state index is 12.4. The second-order valence-electron chi connectivity index (χ2n) is 17.2. The number of aliphatic hydroxyl groups is 2. The Balaban J connectivity index is 3.48. The van der Waals surface area contributed by atoms with Crippen LogP contribution in [0.3, 0.4) is 0 Å². The lowest BCUT2D eigenvalue weighted by atomic mass is 10.0. The molecule has 330 valence electrons.